The molecule has 0 saturated heterocycles. The van der Waals surface area contributed by atoms with E-state index in [9.17, 15) is 14.2 Å². The van der Waals surface area contributed by atoms with Gasteiger partial charge in [-0.25, -0.2) is 4.57 Å². The molecule has 15 heavy (non-hydrogen) atoms. The molecule has 0 spiro atoms. The van der Waals surface area contributed by atoms with Gasteiger partial charge in [0.15, 0.2) is 0 Å². The van der Waals surface area contributed by atoms with Gasteiger partial charge in [0.25, 0.3) is 0 Å². The molecule has 90 valence electrons. The van der Waals surface area contributed by atoms with E-state index in [0.29, 0.717) is 6.42 Å². The van der Waals surface area contributed by atoms with Crippen LogP contribution in [0.25, 0.3) is 0 Å². The van der Waals surface area contributed by atoms with Gasteiger partial charge >= 0.3 is 19.8 Å². The molecule has 7 nitrogen and oxygen atoms in total. The zero-order valence-electron chi connectivity index (χ0n) is 8.54. The average molecular weight is 242 g/mol. The van der Waals surface area contributed by atoms with E-state index < -0.39 is 19.8 Å². The van der Waals surface area contributed by atoms with Gasteiger partial charge in [0.2, 0.25) is 0 Å². The Labute approximate surface area is 87.3 Å². The monoisotopic (exact) mass is 242 g/mol. The van der Waals surface area contributed by atoms with Crippen molar-refractivity contribution < 1.29 is 33.6 Å². The Balaban J connectivity index is 0. The van der Waals surface area contributed by atoms with E-state index in [1.54, 1.807) is 0 Å². The fourth-order valence-electron chi connectivity index (χ4n) is 0.411. The Hall–Kier alpha value is -0.910. The lowest BCUT2D eigenvalue weighted by Gasteiger charge is -2.01. The summed E-state index contributed by atoms with van der Waals surface area (Å²) in [6, 6.07) is 0. The highest BCUT2D eigenvalue weighted by atomic mass is 31.2. The highest BCUT2D eigenvalue weighted by Crippen LogP contribution is 2.35. The number of rotatable bonds is 4. The van der Waals surface area contributed by atoms with Crippen LogP contribution in [-0.2, 0) is 18.7 Å². The first-order valence-corrected chi connectivity index (χ1v) is 5.75. The number of phosphoric acid groups is 1. The van der Waals surface area contributed by atoms with Crippen LogP contribution >= 0.6 is 7.82 Å². The van der Waals surface area contributed by atoms with E-state index in [4.69, 9.17) is 14.9 Å². The summed E-state index contributed by atoms with van der Waals surface area (Å²) in [5.41, 5.74) is 0. The normalized spacial score (nSPS) is 9.87. The maximum atomic E-state index is 10.1. The Bertz CT molecular complexity index is 244. The van der Waals surface area contributed by atoms with Gasteiger partial charge in [-0.2, -0.15) is 0 Å². The topological polar surface area (TPSA) is 121 Å². The molecule has 0 aliphatic rings. The second-order valence-electron chi connectivity index (χ2n) is 2.45. The smallest absolute Gasteiger partial charge is 0.481 e. The predicted octanol–water partition coefficient (Wildman–Crippen LogP) is 0.903. The van der Waals surface area contributed by atoms with Crippen molar-refractivity contribution in [2.75, 3.05) is 0 Å². The minimum absolute atomic E-state index is 0.0366. The first-order valence-electron chi connectivity index (χ1n) is 4.22. The maximum absolute atomic E-state index is 10.1. The second-order valence-corrected chi connectivity index (χ2v) is 3.61. The van der Waals surface area contributed by atoms with E-state index in [2.05, 4.69) is 4.52 Å². The molecular weight excluding hydrogens is 227 g/mol. The quantitative estimate of drug-likeness (QED) is 0.626. The number of carbonyl (C=O) groups is 2. The lowest BCUT2D eigenvalue weighted by atomic mass is 10.4. The van der Waals surface area contributed by atoms with Gasteiger partial charge in [0, 0.05) is 12.8 Å². The summed E-state index contributed by atoms with van der Waals surface area (Å²) in [5, 5.41) is 7.91. The van der Waals surface area contributed by atoms with Crippen LogP contribution in [0.3, 0.4) is 0 Å². The number of carbonyl (C=O) groups excluding carboxylic acids is 1. The van der Waals surface area contributed by atoms with Crippen LogP contribution in [0.4, 0.5) is 0 Å². The lowest BCUT2D eigenvalue weighted by molar-refractivity contribution is -0.137. The molecule has 0 heterocycles. The zero-order valence-corrected chi connectivity index (χ0v) is 9.44. The summed E-state index contributed by atoms with van der Waals surface area (Å²) in [7, 11) is -4.59. The molecule has 0 aliphatic carbocycles. The summed E-state index contributed by atoms with van der Waals surface area (Å²) < 4.78 is 13.5. The Morgan fingerprint density at radius 3 is 1.80 bits per heavy atom. The number of phosphoric ester groups is 1. The maximum Gasteiger partial charge on any atom is 0.526 e. The van der Waals surface area contributed by atoms with Crippen molar-refractivity contribution in [1.82, 2.24) is 0 Å². The molecule has 0 amide bonds. The zero-order chi connectivity index (χ0) is 12.5. The van der Waals surface area contributed by atoms with Crippen LogP contribution in [0.5, 0.6) is 0 Å². The van der Waals surface area contributed by atoms with Crippen molar-refractivity contribution >= 4 is 19.8 Å². The fourth-order valence-corrected chi connectivity index (χ4v) is 0.805. The SMILES string of the molecule is CCC(=O)OP(=O)(O)O.CCCC(=O)O. The first-order chi connectivity index (χ1) is 6.72. The number of carboxylic acid groups (broad SMARTS) is 1. The number of carboxylic acids is 1. The molecule has 0 aromatic heterocycles. The van der Waals surface area contributed by atoms with Gasteiger partial charge in [0.1, 0.15) is 0 Å². The van der Waals surface area contributed by atoms with E-state index >= 15 is 0 Å². The van der Waals surface area contributed by atoms with Gasteiger partial charge < -0.3 is 9.63 Å². The summed E-state index contributed by atoms with van der Waals surface area (Å²) in [5.74, 6) is -1.61. The van der Waals surface area contributed by atoms with E-state index in [1.165, 1.54) is 6.92 Å². The van der Waals surface area contributed by atoms with Gasteiger partial charge in [-0.05, 0) is 6.42 Å². The molecule has 0 aromatic carbocycles. The van der Waals surface area contributed by atoms with Crippen LogP contribution in [0.1, 0.15) is 33.1 Å². The van der Waals surface area contributed by atoms with Crippen LogP contribution in [0, 0.1) is 0 Å². The van der Waals surface area contributed by atoms with E-state index in [1.807, 2.05) is 6.92 Å². The summed E-state index contributed by atoms with van der Waals surface area (Å²) in [6.07, 6.45) is 0.987. The largest absolute Gasteiger partial charge is 0.526 e. The molecule has 0 bridgehead atoms. The van der Waals surface area contributed by atoms with Crippen molar-refractivity contribution in [3.8, 4) is 0 Å². The number of hydrogen-bond donors (Lipinski definition) is 3. The molecule has 0 aromatic rings. The molecule has 0 saturated carbocycles. The van der Waals surface area contributed by atoms with Crippen molar-refractivity contribution in [3.05, 3.63) is 0 Å². The van der Waals surface area contributed by atoms with Gasteiger partial charge in [-0.1, -0.05) is 13.8 Å². The molecule has 0 unspecified atom stereocenters. The molecule has 0 rings (SSSR count). The van der Waals surface area contributed by atoms with Crippen molar-refractivity contribution in [1.29, 1.82) is 0 Å². The third kappa shape index (κ3) is 19.5. The average Bonchev–Trinajstić information content (AvgIpc) is 2.01. The molecule has 0 fully saturated rings. The summed E-state index contributed by atoms with van der Waals surface area (Å²) in [6.45, 7) is 3.28. The highest BCUT2D eigenvalue weighted by molar-refractivity contribution is 7.46. The molecule has 0 aliphatic heterocycles. The van der Waals surface area contributed by atoms with Gasteiger partial charge in [-0.3, -0.25) is 19.4 Å². The van der Waals surface area contributed by atoms with Crippen LogP contribution < -0.4 is 0 Å². The van der Waals surface area contributed by atoms with Crippen LogP contribution in [0.15, 0.2) is 0 Å². The van der Waals surface area contributed by atoms with Gasteiger partial charge in [-0.15, -0.1) is 0 Å². The standard InChI is InChI=1S/C4H8O2.C3H7O5P/c1-2-3-4(5)6;1-2-3(4)8-9(5,6)7/h2-3H2,1H3,(H,5,6);2H2,1H3,(H2,5,6,7). The number of hydrogen-bond acceptors (Lipinski definition) is 4. The molecular formula is C7H15O7P. The Morgan fingerprint density at radius 2 is 1.73 bits per heavy atom. The third-order valence-electron chi connectivity index (χ3n) is 0.973. The highest BCUT2D eigenvalue weighted by Gasteiger charge is 2.18. The minimum Gasteiger partial charge on any atom is -0.481 e. The molecule has 8 heteroatoms. The van der Waals surface area contributed by atoms with Crippen molar-refractivity contribution in [2.45, 2.75) is 33.1 Å². The van der Waals surface area contributed by atoms with Crippen molar-refractivity contribution in [2.24, 2.45) is 0 Å². The van der Waals surface area contributed by atoms with E-state index in [-0.39, 0.29) is 6.42 Å². The van der Waals surface area contributed by atoms with Crippen LogP contribution in [0.2, 0.25) is 0 Å². The predicted molar refractivity (Wildman–Crippen MR) is 51.0 cm³/mol. The fraction of sp³-hybridized carbons (Fsp3) is 0.714. The number of aliphatic carboxylic acids is 1. The summed E-state index contributed by atoms with van der Waals surface area (Å²) >= 11 is 0. The third-order valence-corrected chi connectivity index (χ3v) is 1.41. The minimum atomic E-state index is -4.59. The summed E-state index contributed by atoms with van der Waals surface area (Å²) in [4.78, 5) is 35.7. The first kappa shape index (κ1) is 16.5. The van der Waals surface area contributed by atoms with E-state index in [0.717, 1.165) is 6.42 Å². The molecule has 3 N–H and O–H groups in total. The second kappa shape index (κ2) is 8.40. The van der Waals surface area contributed by atoms with Crippen LogP contribution in [-0.4, -0.2) is 26.8 Å². The Morgan fingerprint density at radius 1 is 1.27 bits per heavy atom. The lowest BCUT2D eigenvalue weighted by Crippen LogP contribution is -1.98. The van der Waals surface area contributed by atoms with Crippen molar-refractivity contribution in [3.63, 3.8) is 0 Å². The Kier molecular flexibility index (Phi) is 9.25. The molecule has 0 radical (unpaired) electrons. The van der Waals surface area contributed by atoms with Gasteiger partial charge in [0.05, 0.1) is 0 Å². The molecule has 0 atom stereocenters.